The molecule has 0 spiro atoms. The van der Waals surface area contributed by atoms with Crippen LogP contribution in [-0.2, 0) is 14.3 Å². The summed E-state index contributed by atoms with van der Waals surface area (Å²) in [6.45, 7) is 1.98. The molecule has 0 amide bonds. The van der Waals surface area contributed by atoms with E-state index < -0.39 is 0 Å². The largest absolute Gasteiger partial charge is 0.354 e. The van der Waals surface area contributed by atoms with Gasteiger partial charge in [0, 0.05) is 14.2 Å². The van der Waals surface area contributed by atoms with Gasteiger partial charge in [0.05, 0.1) is 12.1 Å². The average molecular weight is 203 g/mol. The Morgan fingerprint density at radius 3 is 2.21 bits per heavy atom. The summed E-state index contributed by atoms with van der Waals surface area (Å²) >= 11 is 0. The monoisotopic (exact) mass is 203 g/mol. The maximum Gasteiger partial charge on any atom is 0.173 e. The number of rotatable bonds is 6. The Balaban J connectivity index is 2.15. The van der Waals surface area contributed by atoms with Crippen LogP contribution in [0.5, 0.6) is 0 Å². The highest BCUT2D eigenvalue weighted by Gasteiger charge is 2.20. The molecule has 1 unspecified atom stereocenters. The van der Waals surface area contributed by atoms with Crippen LogP contribution >= 0.6 is 0 Å². The number of hydroxylamine groups is 1. The number of methoxy groups -OCH3 is 2. The maximum atomic E-state index is 5.54. The van der Waals surface area contributed by atoms with E-state index in [0.29, 0.717) is 6.10 Å². The zero-order valence-corrected chi connectivity index (χ0v) is 9.29. The van der Waals surface area contributed by atoms with Crippen LogP contribution in [0.3, 0.4) is 0 Å². The third kappa shape index (κ3) is 3.53. The van der Waals surface area contributed by atoms with Gasteiger partial charge in [0.15, 0.2) is 6.29 Å². The standard InChI is InChI=1S/C10H21NO3/c1-8(10(12-2)13-3)11-14-9-6-4-5-7-9/h8-11H,4-7H2,1-3H3. The van der Waals surface area contributed by atoms with E-state index in [1.54, 1.807) is 14.2 Å². The fourth-order valence-electron chi connectivity index (χ4n) is 1.77. The van der Waals surface area contributed by atoms with Gasteiger partial charge in [0.25, 0.3) is 0 Å². The van der Waals surface area contributed by atoms with Crippen molar-refractivity contribution < 1.29 is 14.3 Å². The van der Waals surface area contributed by atoms with E-state index in [0.717, 1.165) is 12.8 Å². The van der Waals surface area contributed by atoms with E-state index in [2.05, 4.69) is 5.48 Å². The van der Waals surface area contributed by atoms with Gasteiger partial charge in [0.1, 0.15) is 0 Å². The highest BCUT2D eigenvalue weighted by Crippen LogP contribution is 2.20. The summed E-state index contributed by atoms with van der Waals surface area (Å²) in [4.78, 5) is 5.54. The minimum atomic E-state index is -0.253. The van der Waals surface area contributed by atoms with Crippen LogP contribution in [-0.4, -0.2) is 32.7 Å². The Morgan fingerprint density at radius 1 is 1.14 bits per heavy atom. The predicted molar refractivity (Wildman–Crippen MR) is 53.7 cm³/mol. The molecule has 0 radical (unpaired) electrons. The van der Waals surface area contributed by atoms with Gasteiger partial charge < -0.3 is 9.47 Å². The summed E-state index contributed by atoms with van der Waals surface area (Å²) in [6.07, 6.45) is 4.98. The van der Waals surface area contributed by atoms with Crippen molar-refractivity contribution in [3.63, 3.8) is 0 Å². The Kier molecular flexibility index (Phi) is 5.40. The molecule has 0 aromatic heterocycles. The van der Waals surface area contributed by atoms with Crippen LogP contribution in [0, 0.1) is 0 Å². The molecule has 1 fully saturated rings. The minimum Gasteiger partial charge on any atom is -0.354 e. The van der Waals surface area contributed by atoms with Crippen molar-refractivity contribution in [2.45, 2.75) is 51.0 Å². The first-order valence-electron chi connectivity index (χ1n) is 5.24. The summed E-state index contributed by atoms with van der Waals surface area (Å²) in [7, 11) is 3.25. The summed E-state index contributed by atoms with van der Waals surface area (Å²) in [5.41, 5.74) is 2.98. The zero-order valence-electron chi connectivity index (χ0n) is 9.29. The lowest BCUT2D eigenvalue weighted by molar-refractivity contribution is -0.156. The van der Waals surface area contributed by atoms with Crippen LogP contribution in [0.25, 0.3) is 0 Å². The molecule has 0 saturated heterocycles. The lowest BCUT2D eigenvalue weighted by Crippen LogP contribution is -2.41. The molecule has 1 aliphatic rings. The number of nitrogens with one attached hydrogen (secondary N) is 1. The molecule has 0 bridgehead atoms. The molecule has 0 aliphatic heterocycles. The first-order valence-corrected chi connectivity index (χ1v) is 5.24. The molecule has 4 nitrogen and oxygen atoms in total. The van der Waals surface area contributed by atoms with E-state index in [1.807, 2.05) is 6.92 Å². The fraction of sp³-hybridized carbons (Fsp3) is 1.00. The SMILES string of the molecule is COC(OC)C(C)NOC1CCCC1. The normalized spacial score (nSPS) is 20.6. The Morgan fingerprint density at radius 2 is 1.71 bits per heavy atom. The molecular formula is C10H21NO3. The molecule has 0 aromatic carbocycles. The van der Waals surface area contributed by atoms with Gasteiger partial charge in [-0.2, -0.15) is 5.48 Å². The summed E-state index contributed by atoms with van der Waals surface area (Å²) < 4.78 is 10.2. The molecule has 1 rings (SSSR count). The third-order valence-corrected chi connectivity index (χ3v) is 2.60. The van der Waals surface area contributed by atoms with Crippen molar-refractivity contribution in [3.8, 4) is 0 Å². The van der Waals surface area contributed by atoms with Crippen LogP contribution in [0.2, 0.25) is 0 Å². The van der Waals surface area contributed by atoms with E-state index >= 15 is 0 Å². The highest BCUT2D eigenvalue weighted by atomic mass is 16.7. The quantitative estimate of drug-likeness (QED) is 0.524. The van der Waals surface area contributed by atoms with Gasteiger partial charge in [-0.1, -0.05) is 12.8 Å². The van der Waals surface area contributed by atoms with Crippen molar-refractivity contribution in [1.29, 1.82) is 0 Å². The molecule has 1 aliphatic carbocycles. The number of ether oxygens (including phenoxy) is 2. The van der Waals surface area contributed by atoms with Gasteiger partial charge in [-0.25, -0.2) is 0 Å². The average Bonchev–Trinajstić information content (AvgIpc) is 2.69. The first-order chi connectivity index (χ1) is 6.77. The van der Waals surface area contributed by atoms with Gasteiger partial charge in [0.2, 0.25) is 0 Å². The van der Waals surface area contributed by atoms with E-state index in [1.165, 1.54) is 12.8 Å². The van der Waals surface area contributed by atoms with Crippen molar-refractivity contribution >= 4 is 0 Å². The molecule has 4 heteroatoms. The molecule has 0 aromatic rings. The highest BCUT2D eigenvalue weighted by molar-refractivity contribution is 4.67. The van der Waals surface area contributed by atoms with Crippen molar-refractivity contribution in [1.82, 2.24) is 5.48 Å². The smallest absolute Gasteiger partial charge is 0.173 e. The molecule has 84 valence electrons. The van der Waals surface area contributed by atoms with Crippen LogP contribution in [0.4, 0.5) is 0 Å². The van der Waals surface area contributed by atoms with Gasteiger partial charge in [-0.3, -0.25) is 4.84 Å². The van der Waals surface area contributed by atoms with Gasteiger partial charge >= 0.3 is 0 Å². The predicted octanol–water partition coefficient (Wildman–Crippen LogP) is 1.46. The second-order valence-electron chi connectivity index (χ2n) is 3.77. The van der Waals surface area contributed by atoms with Crippen LogP contribution in [0.15, 0.2) is 0 Å². The lowest BCUT2D eigenvalue weighted by Gasteiger charge is -2.23. The maximum absolute atomic E-state index is 5.54. The summed E-state index contributed by atoms with van der Waals surface area (Å²) in [5, 5.41) is 0. The Hall–Kier alpha value is -0.160. The number of hydrogen-bond donors (Lipinski definition) is 1. The molecule has 1 saturated carbocycles. The van der Waals surface area contributed by atoms with Crippen LogP contribution in [0.1, 0.15) is 32.6 Å². The van der Waals surface area contributed by atoms with Crippen LogP contribution < -0.4 is 5.48 Å². The lowest BCUT2D eigenvalue weighted by atomic mass is 10.3. The molecule has 0 heterocycles. The topological polar surface area (TPSA) is 39.7 Å². The van der Waals surface area contributed by atoms with E-state index in [-0.39, 0.29) is 12.3 Å². The van der Waals surface area contributed by atoms with Gasteiger partial charge in [-0.15, -0.1) is 0 Å². The van der Waals surface area contributed by atoms with Crippen molar-refractivity contribution in [2.24, 2.45) is 0 Å². The second-order valence-corrected chi connectivity index (χ2v) is 3.77. The third-order valence-electron chi connectivity index (χ3n) is 2.60. The van der Waals surface area contributed by atoms with Crippen molar-refractivity contribution in [2.75, 3.05) is 14.2 Å². The van der Waals surface area contributed by atoms with E-state index in [9.17, 15) is 0 Å². The number of hydrogen-bond acceptors (Lipinski definition) is 4. The van der Waals surface area contributed by atoms with Gasteiger partial charge in [-0.05, 0) is 19.8 Å². The fourth-order valence-corrected chi connectivity index (χ4v) is 1.77. The molecule has 1 atom stereocenters. The molecular weight excluding hydrogens is 182 g/mol. The first kappa shape index (κ1) is 11.9. The summed E-state index contributed by atoms with van der Waals surface area (Å²) in [5.74, 6) is 0. The van der Waals surface area contributed by atoms with E-state index in [4.69, 9.17) is 14.3 Å². The van der Waals surface area contributed by atoms with Crippen molar-refractivity contribution in [3.05, 3.63) is 0 Å². The Bertz CT molecular complexity index is 144. The second kappa shape index (κ2) is 6.35. The Labute approximate surface area is 85.9 Å². The molecule has 14 heavy (non-hydrogen) atoms. The zero-order chi connectivity index (χ0) is 10.4. The minimum absolute atomic E-state index is 0.0469. The summed E-state index contributed by atoms with van der Waals surface area (Å²) in [6, 6.07) is 0.0469. The molecule has 1 N–H and O–H groups in total.